The second-order valence-corrected chi connectivity index (χ2v) is 8.43. The number of sulfonamides is 1. The van der Waals surface area contributed by atoms with Crippen LogP contribution in [0, 0.1) is 10.1 Å². The van der Waals surface area contributed by atoms with Crippen LogP contribution in [0.5, 0.6) is 0 Å². The number of hydrogen-bond donors (Lipinski definition) is 2. The fourth-order valence-corrected chi connectivity index (χ4v) is 4.70. The van der Waals surface area contributed by atoms with Crippen molar-refractivity contribution in [1.82, 2.24) is 9.79 Å². The summed E-state index contributed by atoms with van der Waals surface area (Å²) in [5, 5.41) is 20.9. The number of nitrogens with zero attached hydrogens (tertiary/aromatic N) is 2. The standard InChI is InChI=1S/C20H19N3O6S/c24-20(21-25)12-13-22(14-15-8-10-17(11-9-15)23(26)27)30(28,29)19-7-3-5-16-4-1-2-6-18(16)19/h1-11,25H,12-14H2,(H,21,24). The van der Waals surface area contributed by atoms with E-state index in [1.807, 2.05) is 0 Å². The molecule has 2 N–H and O–H groups in total. The van der Waals surface area contributed by atoms with E-state index < -0.39 is 20.9 Å². The van der Waals surface area contributed by atoms with Gasteiger partial charge in [-0.3, -0.25) is 20.1 Å². The molecule has 0 fully saturated rings. The van der Waals surface area contributed by atoms with E-state index in [0.29, 0.717) is 10.9 Å². The Kier molecular flexibility index (Phi) is 6.40. The second-order valence-electron chi connectivity index (χ2n) is 6.52. The van der Waals surface area contributed by atoms with Crippen molar-refractivity contribution < 1.29 is 23.3 Å². The lowest BCUT2D eigenvalue weighted by Crippen LogP contribution is -2.34. The van der Waals surface area contributed by atoms with Gasteiger partial charge in [0.1, 0.15) is 0 Å². The smallest absolute Gasteiger partial charge is 0.269 e. The largest absolute Gasteiger partial charge is 0.289 e. The number of benzene rings is 3. The number of fused-ring (bicyclic) bond motifs is 1. The molecule has 3 rings (SSSR count). The number of carbonyl (C=O) groups excluding carboxylic acids is 1. The van der Waals surface area contributed by atoms with E-state index in [1.165, 1.54) is 35.8 Å². The van der Waals surface area contributed by atoms with Crippen LogP contribution in [-0.2, 0) is 21.4 Å². The quantitative estimate of drug-likeness (QED) is 0.322. The number of hydroxylamine groups is 1. The molecule has 156 valence electrons. The first-order valence-electron chi connectivity index (χ1n) is 8.97. The fraction of sp³-hybridized carbons (Fsp3) is 0.150. The molecule has 0 saturated carbocycles. The van der Waals surface area contributed by atoms with Crippen LogP contribution in [0.3, 0.4) is 0 Å². The number of nitrogens with one attached hydrogen (secondary N) is 1. The molecule has 0 aliphatic heterocycles. The third kappa shape index (κ3) is 4.62. The van der Waals surface area contributed by atoms with Gasteiger partial charge in [0.15, 0.2) is 0 Å². The Hall–Kier alpha value is -3.34. The normalized spacial score (nSPS) is 11.5. The average molecular weight is 429 g/mol. The molecule has 0 atom stereocenters. The Morgan fingerprint density at radius 3 is 2.37 bits per heavy atom. The van der Waals surface area contributed by atoms with Gasteiger partial charge in [0.25, 0.3) is 5.69 Å². The predicted octanol–water partition coefficient (Wildman–Crippen LogP) is 2.83. The van der Waals surface area contributed by atoms with Crippen molar-refractivity contribution in [2.45, 2.75) is 17.9 Å². The second kappa shape index (κ2) is 8.99. The Morgan fingerprint density at radius 1 is 1.03 bits per heavy atom. The summed E-state index contributed by atoms with van der Waals surface area (Å²) in [5.74, 6) is -0.725. The molecule has 3 aromatic rings. The van der Waals surface area contributed by atoms with E-state index in [2.05, 4.69) is 0 Å². The van der Waals surface area contributed by atoms with Crippen molar-refractivity contribution in [2.75, 3.05) is 6.54 Å². The Bertz CT molecular complexity index is 1170. The Balaban J connectivity index is 1.99. The molecule has 0 radical (unpaired) electrons. The van der Waals surface area contributed by atoms with E-state index >= 15 is 0 Å². The molecule has 3 aromatic carbocycles. The maximum atomic E-state index is 13.5. The molecule has 1 amide bonds. The van der Waals surface area contributed by atoms with Crippen molar-refractivity contribution in [1.29, 1.82) is 0 Å². The van der Waals surface area contributed by atoms with Crippen LogP contribution in [0.15, 0.2) is 71.6 Å². The highest BCUT2D eigenvalue weighted by Crippen LogP contribution is 2.27. The van der Waals surface area contributed by atoms with Crippen LogP contribution in [0.1, 0.15) is 12.0 Å². The maximum Gasteiger partial charge on any atom is 0.269 e. The van der Waals surface area contributed by atoms with Crippen LogP contribution in [0.4, 0.5) is 5.69 Å². The number of hydrogen-bond acceptors (Lipinski definition) is 6. The molecule has 0 aliphatic rings. The van der Waals surface area contributed by atoms with Crippen molar-refractivity contribution in [3.63, 3.8) is 0 Å². The van der Waals surface area contributed by atoms with Gasteiger partial charge in [0.2, 0.25) is 15.9 Å². The zero-order chi connectivity index (χ0) is 21.7. The van der Waals surface area contributed by atoms with Gasteiger partial charge in [-0.25, -0.2) is 13.9 Å². The van der Waals surface area contributed by atoms with Gasteiger partial charge < -0.3 is 0 Å². The van der Waals surface area contributed by atoms with Gasteiger partial charge in [0.05, 0.1) is 9.82 Å². The first-order chi connectivity index (χ1) is 14.3. The van der Waals surface area contributed by atoms with Crippen LogP contribution >= 0.6 is 0 Å². The third-order valence-corrected chi connectivity index (χ3v) is 6.49. The van der Waals surface area contributed by atoms with Crippen LogP contribution in [-0.4, -0.2) is 35.3 Å². The first kappa shape index (κ1) is 21.4. The number of rotatable bonds is 8. The van der Waals surface area contributed by atoms with Crippen LogP contribution in [0.25, 0.3) is 10.8 Å². The molecule has 10 heteroatoms. The molecule has 9 nitrogen and oxygen atoms in total. The summed E-state index contributed by atoms with van der Waals surface area (Å²) in [6, 6.07) is 17.5. The highest BCUT2D eigenvalue weighted by molar-refractivity contribution is 7.89. The average Bonchev–Trinajstić information content (AvgIpc) is 2.76. The molecule has 0 spiro atoms. The summed E-state index contributed by atoms with van der Waals surface area (Å²) in [4.78, 5) is 21.9. The van der Waals surface area contributed by atoms with E-state index in [0.717, 1.165) is 9.69 Å². The minimum Gasteiger partial charge on any atom is -0.289 e. The van der Waals surface area contributed by atoms with E-state index in [1.54, 1.807) is 36.4 Å². The molecule has 30 heavy (non-hydrogen) atoms. The number of carbonyl (C=O) groups is 1. The minimum absolute atomic E-state index is 0.0897. The molecule has 0 unspecified atom stereocenters. The fourth-order valence-electron chi connectivity index (χ4n) is 3.05. The summed E-state index contributed by atoms with van der Waals surface area (Å²) in [7, 11) is -4.02. The Labute approximate surface area is 172 Å². The predicted molar refractivity (Wildman–Crippen MR) is 109 cm³/mol. The lowest BCUT2D eigenvalue weighted by molar-refractivity contribution is -0.384. The van der Waals surface area contributed by atoms with Crippen molar-refractivity contribution in [3.8, 4) is 0 Å². The van der Waals surface area contributed by atoms with E-state index in [4.69, 9.17) is 5.21 Å². The summed E-state index contributed by atoms with van der Waals surface area (Å²) >= 11 is 0. The molecule has 0 aromatic heterocycles. The van der Waals surface area contributed by atoms with Gasteiger partial charge in [-0.15, -0.1) is 0 Å². The van der Waals surface area contributed by atoms with E-state index in [9.17, 15) is 23.3 Å². The first-order valence-corrected chi connectivity index (χ1v) is 10.4. The number of nitro benzene ring substituents is 1. The summed E-state index contributed by atoms with van der Waals surface area (Å²) < 4.78 is 28.0. The van der Waals surface area contributed by atoms with Gasteiger partial charge in [-0.2, -0.15) is 4.31 Å². The minimum atomic E-state index is -4.02. The van der Waals surface area contributed by atoms with Gasteiger partial charge in [-0.05, 0) is 17.0 Å². The molecule has 0 heterocycles. The van der Waals surface area contributed by atoms with Crippen LogP contribution in [0.2, 0.25) is 0 Å². The third-order valence-electron chi connectivity index (χ3n) is 4.59. The van der Waals surface area contributed by atoms with Gasteiger partial charge in [-0.1, -0.05) is 48.5 Å². The highest BCUT2D eigenvalue weighted by Gasteiger charge is 2.27. The lowest BCUT2D eigenvalue weighted by atomic mass is 10.1. The molecule has 0 saturated heterocycles. The lowest BCUT2D eigenvalue weighted by Gasteiger charge is -2.23. The number of nitro groups is 1. The Morgan fingerprint density at radius 2 is 1.70 bits per heavy atom. The van der Waals surface area contributed by atoms with Gasteiger partial charge >= 0.3 is 0 Å². The zero-order valence-electron chi connectivity index (χ0n) is 15.8. The SMILES string of the molecule is O=C(CCN(Cc1ccc([N+](=O)[O-])cc1)S(=O)(=O)c1cccc2ccccc12)NO. The molecular formula is C20H19N3O6S. The van der Waals surface area contributed by atoms with Crippen LogP contribution < -0.4 is 5.48 Å². The number of non-ortho nitro benzene ring substituents is 1. The van der Waals surface area contributed by atoms with E-state index in [-0.39, 0.29) is 30.1 Å². The monoisotopic (exact) mass is 429 g/mol. The molecular weight excluding hydrogens is 410 g/mol. The maximum absolute atomic E-state index is 13.5. The highest BCUT2D eigenvalue weighted by atomic mass is 32.2. The zero-order valence-corrected chi connectivity index (χ0v) is 16.6. The topological polar surface area (TPSA) is 130 Å². The van der Waals surface area contributed by atoms with Crippen molar-refractivity contribution >= 4 is 32.4 Å². The summed E-state index contributed by atoms with van der Waals surface area (Å²) in [6.07, 6.45) is -0.256. The summed E-state index contributed by atoms with van der Waals surface area (Å²) in [5.41, 5.74) is 1.90. The van der Waals surface area contributed by atoms with Crippen molar-refractivity contribution in [3.05, 3.63) is 82.4 Å². The number of amides is 1. The molecule has 0 bridgehead atoms. The summed E-state index contributed by atoms with van der Waals surface area (Å²) in [6.45, 7) is -0.281. The molecule has 0 aliphatic carbocycles. The van der Waals surface area contributed by atoms with Crippen molar-refractivity contribution in [2.24, 2.45) is 0 Å². The van der Waals surface area contributed by atoms with Gasteiger partial charge in [0, 0.05) is 37.0 Å².